The molecule has 0 radical (unpaired) electrons. The fourth-order valence-electron chi connectivity index (χ4n) is 4.73. The smallest absolute Gasteiger partial charge is 0.234 e. The Morgan fingerprint density at radius 1 is 0.926 bits per heavy atom. The fraction of sp³-hybridized carbons (Fsp3) is 0.900. The first-order chi connectivity index (χ1) is 13.2. The minimum atomic E-state index is 0.152. The van der Waals surface area contributed by atoms with Crippen molar-refractivity contribution in [3.8, 4) is 0 Å². The zero-order chi connectivity index (χ0) is 18.6. The van der Waals surface area contributed by atoms with Gasteiger partial charge in [-0.25, -0.2) is 0 Å². The number of morpholine rings is 1. The molecular weight excluding hydrogens is 344 g/mol. The summed E-state index contributed by atoms with van der Waals surface area (Å²) in [6.45, 7) is 7.38. The monoisotopic (exact) mass is 378 g/mol. The highest BCUT2D eigenvalue weighted by molar-refractivity contribution is 5.79. The molecule has 1 unspecified atom stereocenters. The van der Waals surface area contributed by atoms with Gasteiger partial charge in [0.05, 0.1) is 25.7 Å². The molecule has 27 heavy (non-hydrogen) atoms. The van der Waals surface area contributed by atoms with E-state index < -0.39 is 0 Å². The molecule has 7 heteroatoms. The van der Waals surface area contributed by atoms with Crippen molar-refractivity contribution in [3.05, 3.63) is 0 Å². The second kappa shape index (κ2) is 8.88. The van der Waals surface area contributed by atoms with Crippen LogP contribution in [0.25, 0.3) is 0 Å². The molecule has 1 atom stereocenters. The first-order valence-corrected chi connectivity index (χ1v) is 10.8. The number of piperidine rings is 2. The van der Waals surface area contributed by atoms with E-state index in [1.165, 1.54) is 0 Å². The summed E-state index contributed by atoms with van der Waals surface area (Å²) in [5.41, 5.74) is 0. The van der Waals surface area contributed by atoms with Gasteiger partial charge in [-0.1, -0.05) is 0 Å². The molecule has 4 aliphatic rings. The zero-order valence-electron chi connectivity index (χ0n) is 16.4. The van der Waals surface area contributed by atoms with Crippen LogP contribution in [0, 0.1) is 5.92 Å². The molecule has 0 aromatic heterocycles. The summed E-state index contributed by atoms with van der Waals surface area (Å²) in [7, 11) is 0. The van der Waals surface area contributed by atoms with Crippen molar-refractivity contribution in [1.29, 1.82) is 0 Å². The molecule has 3 aliphatic heterocycles. The van der Waals surface area contributed by atoms with Crippen LogP contribution >= 0.6 is 0 Å². The first-order valence-electron chi connectivity index (χ1n) is 10.8. The molecular formula is C20H34N4O3. The molecule has 1 aliphatic carbocycles. The lowest BCUT2D eigenvalue weighted by Gasteiger charge is -2.42. The van der Waals surface area contributed by atoms with E-state index in [4.69, 9.17) is 4.74 Å². The van der Waals surface area contributed by atoms with E-state index >= 15 is 0 Å². The lowest BCUT2D eigenvalue weighted by atomic mass is 9.92. The van der Waals surface area contributed by atoms with Gasteiger partial charge in [0.1, 0.15) is 0 Å². The van der Waals surface area contributed by atoms with Crippen molar-refractivity contribution >= 4 is 11.8 Å². The Morgan fingerprint density at radius 2 is 1.67 bits per heavy atom. The second-order valence-corrected chi connectivity index (χ2v) is 8.62. The average molecular weight is 379 g/mol. The van der Waals surface area contributed by atoms with Crippen LogP contribution in [0.3, 0.4) is 0 Å². The van der Waals surface area contributed by atoms with E-state index in [0.717, 1.165) is 77.8 Å². The summed E-state index contributed by atoms with van der Waals surface area (Å²) in [5, 5.41) is 3.08. The van der Waals surface area contributed by atoms with E-state index in [0.29, 0.717) is 37.7 Å². The van der Waals surface area contributed by atoms with Crippen LogP contribution in [0.5, 0.6) is 0 Å². The molecule has 3 saturated heterocycles. The van der Waals surface area contributed by atoms with Crippen molar-refractivity contribution in [3.63, 3.8) is 0 Å². The number of nitrogens with zero attached hydrogens (tertiary/aromatic N) is 3. The predicted octanol–water partition coefficient (Wildman–Crippen LogP) is 0.300. The quantitative estimate of drug-likeness (QED) is 0.746. The number of likely N-dealkylation sites (tertiary alicyclic amines) is 2. The van der Waals surface area contributed by atoms with Crippen LogP contribution in [0.15, 0.2) is 0 Å². The van der Waals surface area contributed by atoms with Gasteiger partial charge in [0.15, 0.2) is 0 Å². The van der Waals surface area contributed by atoms with Gasteiger partial charge < -0.3 is 15.0 Å². The zero-order valence-corrected chi connectivity index (χ0v) is 16.4. The maximum Gasteiger partial charge on any atom is 0.234 e. The molecule has 3 heterocycles. The number of amides is 2. The number of carbonyl (C=O) groups excluding carboxylic acids is 2. The summed E-state index contributed by atoms with van der Waals surface area (Å²) < 4.78 is 5.38. The molecule has 152 valence electrons. The number of hydrogen-bond donors (Lipinski definition) is 1. The maximum absolute atomic E-state index is 12.8. The van der Waals surface area contributed by atoms with Gasteiger partial charge in [-0.15, -0.1) is 0 Å². The van der Waals surface area contributed by atoms with E-state index in [9.17, 15) is 9.59 Å². The third-order valence-electron chi connectivity index (χ3n) is 6.51. The molecule has 1 saturated carbocycles. The molecule has 7 nitrogen and oxygen atoms in total. The van der Waals surface area contributed by atoms with Gasteiger partial charge in [0.25, 0.3) is 0 Å². The van der Waals surface area contributed by atoms with Gasteiger partial charge in [0, 0.05) is 44.8 Å². The summed E-state index contributed by atoms with van der Waals surface area (Å²) >= 11 is 0. The molecule has 2 amide bonds. The minimum Gasteiger partial charge on any atom is -0.378 e. The van der Waals surface area contributed by atoms with Crippen LogP contribution in [0.1, 0.15) is 38.5 Å². The Bertz CT molecular complexity index is 525. The van der Waals surface area contributed by atoms with Crippen LogP contribution < -0.4 is 5.32 Å². The largest absolute Gasteiger partial charge is 0.378 e. The van der Waals surface area contributed by atoms with Gasteiger partial charge in [-0.3, -0.25) is 19.4 Å². The van der Waals surface area contributed by atoms with Gasteiger partial charge >= 0.3 is 0 Å². The third-order valence-corrected chi connectivity index (χ3v) is 6.51. The third kappa shape index (κ3) is 5.21. The van der Waals surface area contributed by atoms with Gasteiger partial charge in [0.2, 0.25) is 11.8 Å². The SMILES string of the molecule is O=C(CN1CCC(N2CCCC(C(=O)N3CCOCC3)C2)CC1)NC1CC1. The summed E-state index contributed by atoms with van der Waals surface area (Å²) in [6.07, 6.45) is 6.64. The standard InChI is InChI=1S/C20H34N4O3/c25-19(21-17-3-4-17)15-22-8-5-18(6-9-22)24-7-1-2-16(14-24)20(26)23-10-12-27-13-11-23/h16-18H,1-15H2,(H,21,25). The van der Waals surface area contributed by atoms with Crippen LogP contribution in [-0.2, 0) is 14.3 Å². The number of nitrogens with one attached hydrogen (secondary N) is 1. The average Bonchev–Trinajstić information content (AvgIpc) is 3.52. The van der Waals surface area contributed by atoms with Crippen LogP contribution in [0.4, 0.5) is 0 Å². The molecule has 4 fully saturated rings. The fourth-order valence-corrected chi connectivity index (χ4v) is 4.73. The Kier molecular flexibility index (Phi) is 6.30. The van der Waals surface area contributed by atoms with Crippen molar-refractivity contribution in [2.24, 2.45) is 5.92 Å². The number of rotatable bonds is 5. The Hall–Kier alpha value is -1.18. The normalized spacial score (nSPS) is 28.9. The molecule has 1 N–H and O–H groups in total. The highest BCUT2D eigenvalue weighted by Gasteiger charge is 2.34. The first kappa shape index (κ1) is 19.2. The number of ether oxygens (including phenoxy) is 1. The summed E-state index contributed by atoms with van der Waals surface area (Å²) in [4.78, 5) is 31.7. The number of hydrogen-bond acceptors (Lipinski definition) is 5. The summed E-state index contributed by atoms with van der Waals surface area (Å²) in [5.74, 6) is 0.668. The molecule has 0 bridgehead atoms. The highest BCUT2D eigenvalue weighted by atomic mass is 16.5. The summed E-state index contributed by atoms with van der Waals surface area (Å²) in [6, 6.07) is 1.01. The van der Waals surface area contributed by atoms with Gasteiger partial charge in [-0.2, -0.15) is 0 Å². The van der Waals surface area contributed by atoms with Crippen molar-refractivity contribution < 1.29 is 14.3 Å². The predicted molar refractivity (Wildman–Crippen MR) is 102 cm³/mol. The molecule has 0 aromatic rings. The Balaban J connectivity index is 1.21. The molecule has 4 rings (SSSR count). The van der Waals surface area contributed by atoms with Crippen molar-refractivity contribution in [2.75, 3.05) is 59.0 Å². The van der Waals surface area contributed by atoms with Gasteiger partial charge in [-0.05, 0) is 45.1 Å². The Morgan fingerprint density at radius 3 is 2.37 bits per heavy atom. The maximum atomic E-state index is 12.8. The lowest BCUT2D eigenvalue weighted by Crippen LogP contribution is -2.53. The second-order valence-electron chi connectivity index (χ2n) is 8.62. The molecule has 0 aromatic carbocycles. The number of carbonyl (C=O) groups is 2. The van der Waals surface area contributed by atoms with E-state index in [1.54, 1.807) is 0 Å². The molecule has 0 spiro atoms. The van der Waals surface area contributed by atoms with E-state index in [2.05, 4.69) is 15.1 Å². The minimum absolute atomic E-state index is 0.152. The van der Waals surface area contributed by atoms with Crippen LogP contribution in [-0.4, -0.2) is 97.6 Å². The topological polar surface area (TPSA) is 65.1 Å². The highest BCUT2D eigenvalue weighted by Crippen LogP contribution is 2.25. The van der Waals surface area contributed by atoms with Crippen molar-refractivity contribution in [1.82, 2.24) is 20.0 Å². The Labute approximate surface area is 162 Å². The van der Waals surface area contributed by atoms with Crippen LogP contribution in [0.2, 0.25) is 0 Å². The van der Waals surface area contributed by atoms with Crippen molar-refractivity contribution in [2.45, 2.75) is 50.6 Å². The lowest BCUT2D eigenvalue weighted by molar-refractivity contribution is -0.142. The van der Waals surface area contributed by atoms with E-state index in [1.807, 2.05) is 4.90 Å². The van der Waals surface area contributed by atoms with E-state index in [-0.39, 0.29) is 11.8 Å².